The minimum atomic E-state index is -3.90. The minimum absolute atomic E-state index is 0.0554. The van der Waals surface area contributed by atoms with Crippen LogP contribution in [-0.4, -0.2) is 28.7 Å². The molecule has 0 aromatic heterocycles. The van der Waals surface area contributed by atoms with E-state index >= 15 is 0 Å². The van der Waals surface area contributed by atoms with E-state index in [1.165, 1.54) is 12.2 Å². The molecule has 0 aliphatic heterocycles. The molecule has 0 saturated heterocycles. The molecule has 25 heavy (non-hydrogen) atoms. The fourth-order valence-electron chi connectivity index (χ4n) is 1.84. The number of halogens is 4. The van der Waals surface area contributed by atoms with Gasteiger partial charge < -0.3 is 14.4 Å². The predicted octanol–water partition coefficient (Wildman–Crippen LogP) is 5.43. The zero-order valence-electron chi connectivity index (χ0n) is 13.5. The van der Waals surface area contributed by atoms with Gasteiger partial charge in [-0.3, -0.25) is 9.36 Å². The average Bonchev–Trinajstić information content (AvgIpc) is 2.51. The number of hydrogen-bond acceptors (Lipinski definition) is 4. The van der Waals surface area contributed by atoms with Crippen molar-refractivity contribution in [1.82, 2.24) is 5.32 Å². The molecule has 0 aliphatic carbocycles. The monoisotopic (exact) mass is 447 g/mol. The Labute approximate surface area is 167 Å². The maximum atomic E-state index is 12.9. The average molecular weight is 449 g/mol. The van der Waals surface area contributed by atoms with Crippen LogP contribution in [0, 0.1) is 0 Å². The first-order valence-electron chi connectivity index (χ1n) is 7.32. The van der Waals surface area contributed by atoms with Crippen molar-refractivity contribution in [3.05, 3.63) is 40.9 Å². The highest BCUT2D eigenvalue weighted by atomic mass is 35.6. The Bertz CT molecular complexity index is 653. The molecule has 0 saturated carbocycles. The van der Waals surface area contributed by atoms with E-state index < -0.39 is 23.1 Å². The van der Waals surface area contributed by atoms with Crippen LogP contribution in [0.4, 0.5) is 0 Å². The van der Waals surface area contributed by atoms with Crippen LogP contribution in [0.1, 0.15) is 19.4 Å². The summed E-state index contributed by atoms with van der Waals surface area (Å²) in [5.41, 5.74) is 0.627. The van der Waals surface area contributed by atoms with E-state index in [0.717, 1.165) is 0 Å². The summed E-state index contributed by atoms with van der Waals surface area (Å²) >= 11 is 23.7. The number of benzene rings is 1. The lowest BCUT2D eigenvalue weighted by Crippen LogP contribution is -2.43. The van der Waals surface area contributed by atoms with Gasteiger partial charge in [0.25, 0.3) is 0 Å². The molecule has 0 spiro atoms. The number of carbonyl (C=O) groups excluding carboxylic acids is 1. The van der Waals surface area contributed by atoms with Crippen molar-refractivity contribution in [2.45, 2.75) is 23.4 Å². The number of alkyl halides is 3. The van der Waals surface area contributed by atoms with Gasteiger partial charge in [0.2, 0.25) is 9.70 Å². The Balaban J connectivity index is 3.00. The molecular formula is C15H18Cl4NO4P. The van der Waals surface area contributed by atoms with E-state index in [1.807, 2.05) is 0 Å². The van der Waals surface area contributed by atoms with Gasteiger partial charge in [-0.05, 0) is 31.6 Å². The molecule has 1 aromatic rings. The third kappa shape index (κ3) is 7.10. The van der Waals surface area contributed by atoms with Gasteiger partial charge in [-0.1, -0.05) is 64.6 Å². The molecule has 5 nitrogen and oxygen atoms in total. The van der Waals surface area contributed by atoms with Gasteiger partial charge in [-0.15, -0.1) is 0 Å². The summed E-state index contributed by atoms with van der Waals surface area (Å²) < 4.78 is 21.1. The molecule has 0 radical (unpaired) electrons. The lowest BCUT2D eigenvalue weighted by atomic mass is 10.2. The first-order valence-corrected chi connectivity index (χ1v) is 10.4. The van der Waals surface area contributed by atoms with Crippen molar-refractivity contribution in [1.29, 1.82) is 0 Å². The first-order chi connectivity index (χ1) is 11.6. The number of amides is 1. The summed E-state index contributed by atoms with van der Waals surface area (Å²) in [6, 6.07) is 6.94. The van der Waals surface area contributed by atoms with Crippen molar-refractivity contribution < 1.29 is 18.4 Å². The second-order valence-electron chi connectivity index (χ2n) is 4.68. The molecule has 0 fully saturated rings. The molecule has 10 heteroatoms. The van der Waals surface area contributed by atoms with Crippen LogP contribution in [0.3, 0.4) is 0 Å². The Morgan fingerprint density at radius 3 is 2.28 bits per heavy atom. The zero-order valence-corrected chi connectivity index (χ0v) is 17.5. The lowest BCUT2D eigenvalue weighted by molar-refractivity contribution is -0.116. The van der Waals surface area contributed by atoms with Crippen LogP contribution in [0.5, 0.6) is 0 Å². The number of hydrogen-bond donors (Lipinski definition) is 1. The Morgan fingerprint density at radius 2 is 1.80 bits per heavy atom. The molecule has 1 rings (SSSR count). The van der Waals surface area contributed by atoms with E-state index in [9.17, 15) is 9.36 Å². The van der Waals surface area contributed by atoms with E-state index in [0.29, 0.717) is 10.6 Å². The fraction of sp³-hybridized carbons (Fsp3) is 0.400. The summed E-state index contributed by atoms with van der Waals surface area (Å²) in [5, 5.41) is 2.85. The van der Waals surface area contributed by atoms with Crippen molar-refractivity contribution >= 4 is 66.0 Å². The summed E-state index contributed by atoms with van der Waals surface area (Å²) in [4.78, 5) is 12.2. The summed E-state index contributed by atoms with van der Waals surface area (Å²) in [5.74, 6) is -2.12. The lowest BCUT2D eigenvalue weighted by Gasteiger charge is -2.31. The van der Waals surface area contributed by atoms with Crippen LogP contribution in [0.25, 0.3) is 6.08 Å². The van der Waals surface area contributed by atoms with Crippen molar-refractivity contribution in [3.8, 4) is 0 Å². The summed E-state index contributed by atoms with van der Waals surface area (Å²) in [6.07, 6.45) is 2.67. The first kappa shape index (κ1) is 22.8. The second-order valence-corrected chi connectivity index (χ2v) is 9.57. The highest BCUT2D eigenvalue weighted by molar-refractivity contribution is 7.55. The Morgan fingerprint density at radius 1 is 1.24 bits per heavy atom. The van der Waals surface area contributed by atoms with Gasteiger partial charge in [0, 0.05) is 11.1 Å². The smallest absolute Gasteiger partial charge is 0.335 e. The third-order valence-corrected chi connectivity index (χ3v) is 6.68. The topological polar surface area (TPSA) is 64.6 Å². The van der Waals surface area contributed by atoms with Crippen molar-refractivity contribution in [2.75, 3.05) is 13.2 Å². The fourth-order valence-corrected chi connectivity index (χ4v) is 5.02. The number of carbonyl (C=O) groups is 1. The molecule has 1 unspecified atom stereocenters. The van der Waals surface area contributed by atoms with E-state index in [1.54, 1.807) is 38.1 Å². The molecule has 0 bridgehead atoms. The maximum Gasteiger partial charge on any atom is 0.357 e. The van der Waals surface area contributed by atoms with Gasteiger partial charge in [0.15, 0.2) is 5.78 Å². The predicted molar refractivity (Wildman–Crippen MR) is 104 cm³/mol. The third-order valence-electron chi connectivity index (χ3n) is 2.84. The largest absolute Gasteiger partial charge is 0.357 e. The molecule has 0 heterocycles. The molecule has 0 aliphatic rings. The number of rotatable bonds is 8. The maximum absolute atomic E-state index is 12.9. The zero-order chi connectivity index (χ0) is 19.1. The molecule has 140 valence electrons. The van der Waals surface area contributed by atoms with Crippen molar-refractivity contribution in [2.24, 2.45) is 0 Å². The van der Waals surface area contributed by atoms with Crippen LogP contribution in [0.15, 0.2) is 30.3 Å². The van der Waals surface area contributed by atoms with Crippen molar-refractivity contribution in [3.63, 3.8) is 0 Å². The highest BCUT2D eigenvalue weighted by Gasteiger charge is 2.49. The van der Waals surface area contributed by atoms with Gasteiger partial charge in [-0.25, -0.2) is 0 Å². The second kappa shape index (κ2) is 10.2. The standard InChI is InChI=1S/C15H18Cl4NO4P/c1-3-23-25(22,24-4-2)14(15(17,18)19)20-13(21)10-9-11-7-5-6-8-12(11)16/h5-10,14H,3-4H2,1-2H3,(H,20,21). The molecule has 1 atom stereocenters. The number of nitrogens with one attached hydrogen (secondary N) is 1. The van der Waals surface area contributed by atoms with Gasteiger partial charge in [0.1, 0.15) is 0 Å². The quantitative estimate of drug-likeness (QED) is 0.327. The van der Waals surface area contributed by atoms with E-state index in [2.05, 4.69) is 5.32 Å². The van der Waals surface area contributed by atoms with Crippen LogP contribution in [0.2, 0.25) is 5.02 Å². The molecule has 1 N–H and O–H groups in total. The van der Waals surface area contributed by atoms with Crippen LogP contribution >= 0.6 is 54.0 Å². The minimum Gasteiger partial charge on any atom is -0.335 e. The van der Waals surface area contributed by atoms with Crippen LogP contribution in [-0.2, 0) is 18.4 Å². The van der Waals surface area contributed by atoms with E-state index in [4.69, 9.17) is 55.5 Å². The normalized spacial score (nSPS) is 13.8. The highest BCUT2D eigenvalue weighted by Crippen LogP contribution is 2.58. The van der Waals surface area contributed by atoms with Crippen LogP contribution < -0.4 is 5.32 Å². The Hall–Kier alpha value is -0.260. The molecule has 1 amide bonds. The van der Waals surface area contributed by atoms with Gasteiger partial charge in [0.05, 0.1) is 13.2 Å². The van der Waals surface area contributed by atoms with Gasteiger partial charge in [-0.2, -0.15) is 0 Å². The molecule has 1 aromatic carbocycles. The van der Waals surface area contributed by atoms with Gasteiger partial charge >= 0.3 is 7.60 Å². The SMILES string of the molecule is CCOP(=O)(OCC)C(NC(=O)C=Cc1ccccc1Cl)C(Cl)(Cl)Cl. The Kier molecular flexibility index (Phi) is 9.27. The summed E-state index contributed by atoms with van der Waals surface area (Å²) in [6.45, 7) is 3.33. The molecular weight excluding hydrogens is 431 g/mol. The van der Waals surface area contributed by atoms with E-state index in [-0.39, 0.29) is 13.2 Å². The summed E-state index contributed by atoms with van der Waals surface area (Å²) in [7, 11) is -3.90.